The van der Waals surface area contributed by atoms with Crippen LogP contribution in [-0.2, 0) is 22.6 Å². The number of hydrogen-bond donors (Lipinski definition) is 1. The van der Waals surface area contributed by atoms with Crippen molar-refractivity contribution >= 4 is 17.6 Å². The first kappa shape index (κ1) is 15.9. The van der Waals surface area contributed by atoms with E-state index in [2.05, 4.69) is 15.0 Å². The van der Waals surface area contributed by atoms with E-state index in [1.54, 1.807) is 12.4 Å². The van der Waals surface area contributed by atoms with Gasteiger partial charge in [-0.15, -0.1) is 0 Å². The van der Waals surface area contributed by atoms with Gasteiger partial charge in [-0.2, -0.15) is 0 Å². The molecule has 1 aliphatic heterocycles. The average molecular weight is 326 g/mol. The lowest BCUT2D eigenvalue weighted by Gasteiger charge is -2.29. The highest BCUT2D eigenvalue weighted by atomic mass is 16.2. The number of amides is 2. The van der Waals surface area contributed by atoms with Crippen LogP contribution in [0.4, 0.5) is 5.82 Å². The van der Waals surface area contributed by atoms with Gasteiger partial charge >= 0.3 is 11.8 Å². The van der Waals surface area contributed by atoms with Gasteiger partial charge in [-0.05, 0) is 18.6 Å². The van der Waals surface area contributed by atoms with E-state index >= 15 is 0 Å². The van der Waals surface area contributed by atoms with Gasteiger partial charge in [0.05, 0.1) is 12.2 Å². The number of hydrogen-bond acceptors (Lipinski definition) is 6. The van der Waals surface area contributed by atoms with Gasteiger partial charge in [-0.25, -0.2) is 9.97 Å². The van der Waals surface area contributed by atoms with E-state index < -0.39 is 11.8 Å². The Morgan fingerprint density at radius 2 is 1.92 bits per heavy atom. The van der Waals surface area contributed by atoms with Crippen LogP contribution in [0.5, 0.6) is 0 Å². The molecule has 0 fully saturated rings. The van der Waals surface area contributed by atoms with E-state index in [-0.39, 0.29) is 6.54 Å². The van der Waals surface area contributed by atoms with E-state index in [0.717, 1.165) is 22.6 Å². The minimum absolute atomic E-state index is 0.249. The van der Waals surface area contributed by atoms with E-state index in [1.807, 2.05) is 31.1 Å². The van der Waals surface area contributed by atoms with Crippen LogP contribution in [-0.4, -0.2) is 52.3 Å². The molecule has 2 aromatic rings. The number of pyridine rings is 1. The molecule has 3 heterocycles. The maximum atomic E-state index is 11.9. The molecule has 0 spiro atoms. The largest absolute Gasteiger partial charge is 0.362 e. The highest BCUT2D eigenvalue weighted by molar-refractivity contribution is 6.34. The Bertz CT molecular complexity index is 791. The Morgan fingerprint density at radius 1 is 1.21 bits per heavy atom. The number of carbonyl (C=O) groups is 2. The Balaban J connectivity index is 2.05. The fourth-order valence-corrected chi connectivity index (χ4v) is 2.74. The Hall–Kier alpha value is -3.03. The molecule has 0 saturated carbocycles. The smallest absolute Gasteiger partial charge is 0.312 e. The summed E-state index contributed by atoms with van der Waals surface area (Å²) in [6.07, 6.45) is 3.94. The van der Waals surface area contributed by atoms with Crippen molar-refractivity contribution in [3.63, 3.8) is 0 Å². The van der Waals surface area contributed by atoms with Crippen molar-refractivity contribution < 1.29 is 9.59 Å². The third-order valence-electron chi connectivity index (χ3n) is 3.90. The fourth-order valence-electron chi connectivity index (χ4n) is 2.74. The van der Waals surface area contributed by atoms with Gasteiger partial charge in [0.1, 0.15) is 5.82 Å². The van der Waals surface area contributed by atoms with Gasteiger partial charge in [0.15, 0.2) is 5.82 Å². The fraction of sp³-hybridized carbons (Fsp3) is 0.312. The van der Waals surface area contributed by atoms with Crippen molar-refractivity contribution in [1.82, 2.24) is 19.9 Å². The lowest BCUT2D eigenvalue weighted by atomic mass is 10.0. The molecule has 0 unspecified atom stereocenters. The number of anilines is 1. The Morgan fingerprint density at radius 3 is 2.54 bits per heavy atom. The van der Waals surface area contributed by atoms with E-state index in [1.165, 1.54) is 4.90 Å². The summed E-state index contributed by atoms with van der Waals surface area (Å²) in [4.78, 5) is 39.6. The molecule has 0 aliphatic carbocycles. The average Bonchev–Trinajstić information content (AvgIpc) is 2.60. The molecule has 0 aromatic carbocycles. The third-order valence-corrected chi connectivity index (χ3v) is 3.90. The zero-order valence-corrected chi connectivity index (χ0v) is 13.6. The van der Waals surface area contributed by atoms with E-state index in [0.29, 0.717) is 18.8 Å². The SMILES string of the molecule is CN(C)c1nc(-c2ccncc2)nc2c1CCN(C(=O)C(N)=O)C2. The van der Waals surface area contributed by atoms with Crippen molar-refractivity contribution in [2.45, 2.75) is 13.0 Å². The first-order chi connectivity index (χ1) is 11.5. The van der Waals surface area contributed by atoms with Crippen molar-refractivity contribution in [3.05, 3.63) is 35.8 Å². The van der Waals surface area contributed by atoms with Crippen LogP contribution < -0.4 is 10.6 Å². The molecule has 8 heteroatoms. The molecule has 2 N–H and O–H groups in total. The van der Waals surface area contributed by atoms with Gasteiger partial charge < -0.3 is 15.5 Å². The number of nitrogens with zero attached hydrogens (tertiary/aromatic N) is 5. The third kappa shape index (κ3) is 2.90. The first-order valence-corrected chi connectivity index (χ1v) is 7.53. The topological polar surface area (TPSA) is 105 Å². The maximum Gasteiger partial charge on any atom is 0.312 e. The molecule has 24 heavy (non-hydrogen) atoms. The van der Waals surface area contributed by atoms with Crippen LogP contribution in [0.2, 0.25) is 0 Å². The summed E-state index contributed by atoms with van der Waals surface area (Å²) in [5.41, 5.74) is 7.68. The molecule has 124 valence electrons. The van der Waals surface area contributed by atoms with Crippen molar-refractivity contribution in [2.75, 3.05) is 25.5 Å². The highest BCUT2D eigenvalue weighted by Crippen LogP contribution is 2.28. The highest BCUT2D eigenvalue weighted by Gasteiger charge is 2.28. The molecule has 0 saturated heterocycles. The maximum absolute atomic E-state index is 11.9. The molecular weight excluding hydrogens is 308 g/mol. The van der Waals surface area contributed by atoms with Crippen molar-refractivity contribution in [1.29, 1.82) is 0 Å². The summed E-state index contributed by atoms with van der Waals surface area (Å²) in [5, 5.41) is 0. The van der Waals surface area contributed by atoms with Gasteiger partial charge in [0.25, 0.3) is 0 Å². The summed E-state index contributed by atoms with van der Waals surface area (Å²) < 4.78 is 0. The lowest BCUT2D eigenvalue weighted by molar-refractivity contribution is -0.144. The van der Waals surface area contributed by atoms with Gasteiger partial charge in [-0.3, -0.25) is 14.6 Å². The van der Waals surface area contributed by atoms with Crippen LogP contribution in [0, 0.1) is 0 Å². The predicted molar refractivity (Wildman–Crippen MR) is 87.9 cm³/mol. The van der Waals surface area contributed by atoms with E-state index in [9.17, 15) is 9.59 Å². The number of rotatable bonds is 2. The van der Waals surface area contributed by atoms with Crippen LogP contribution in [0.25, 0.3) is 11.4 Å². The van der Waals surface area contributed by atoms with Crippen molar-refractivity contribution in [2.24, 2.45) is 5.73 Å². The molecule has 8 nitrogen and oxygen atoms in total. The van der Waals surface area contributed by atoms with Gasteiger partial charge in [-0.1, -0.05) is 0 Å². The van der Waals surface area contributed by atoms with Crippen LogP contribution in [0.1, 0.15) is 11.3 Å². The number of aromatic nitrogens is 3. The zero-order chi connectivity index (χ0) is 17.3. The van der Waals surface area contributed by atoms with Crippen LogP contribution >= 0.6 is 0 Å². The Kier molecular flexibility index (Phi) is 4.11. The summed E-state index contributed by atoms with van der Waals surface area (Å²) in [7, 11) is 3.83. The number of carbonyl (C=O) groups excluding carboxylic acids is 2. The molecule has 0 atom stereocenters. The predicted octanol–water partition coefficient (Wildman–Crippen LogP) is -0.0254. The van der Waals surface area contributed by atoms with Gasteiger partial charge in [0.2, 0.25) is 0 Å². The van der Waals surface area contributed by atoms with Crippen LogP contribution in [0.3, 0.4) is 0 Å². The van der Waals surface area contributed by atoms with Gasteiger partial charge in [0, 0.05) is 44.2 Å². The minimum atomic E-state index is -0.949. The minimum Gasteiger partial charge on any atom is -0.362 e. The number of primary amides is 1. The first-order valence-electron chi connectivity index (χ1n) is 7.53. The summed E-state index contributed by atoms with van der Waals surface area (Å²) in [6, 6.07) is 3.66. The molecule has 1 aliphatic rings. The molecular formula is C16H18N6O2. The monoisotopic (exact) mass is 326 g/mol. The molecule has 0 bridgehead atoms. The molecule has 0 radical (unpaired) electrons. The van der Waals surface area contributed by atoms with E-state index in [4.69, 9.17) is 5.73 Å². The summed E-state index contributed by atoms with van der Waals surface area (Å²) in [6.45, 7) is 0.673. The summed E-state index contributed by atoms with van der Waals surface area (Å²) in [5.74, 6) is -0.253. The lowest BCUT2D eigenvalue weighted by Crippen LogP contribution is -2.43. The Labute approximate surface area is 139 Å². The second kappa shape index (κ2) is 6.23. The number of fused-ring (bicyclic) bond motifs is 1. The van der Waals surface area contributed by atoms with Crippen LogP contribution in [0.15, 0.2) is 24.5 Å². The second-order valence-corrected chi connectivity index (χ2v) is 5.77. The number of nitrogens with two attached hydrogens (primary N) is 1. The zero-order valence-electron chi connectivity index (χ0n) is 13.6. The molecule has 2 amide bonds. The second-order valence-electron chi connectivity index (χ2n) is 5.77. The molecule has 2 aromatic heterocycles. The quantitative estimate of drug-likeness (QED) is 0.777. The normalized spacial score (nSPS) is 13.3. The standard InChI is InChI=1S/C16H18N6O2/c1-21(2)15-11-5-8-22(16(24)13(17)23)9-12(11)19-14(20-15)10-3-6-18-7-4-10/h3-4,6-7H,5,8-9H2,1-2H3,(H2,17,23). The molecule has 3 rings (SSSR count). The van der Waals surface area contributed by atoms with Crippen molar-refractivity contribution in [3.8, 4) is 11.4 Å². The summed E-state index contributed by atoms with van der Waals surface area (Å²) >= 11 is 0.